The Morgan fingerprint density at radius 2 is 1.97 bits per heavy atom. The van der Waals surface area contributed by atoms with Crippen molar-refractivity contribution in [3.8, 4) is 11.4 Å². The molecule has 1 aliphatic rings. The smallest absolute Gasteiger partial charge is 0.243 e. The lowest BCUT2D eigenvalue weighted by molar-refractivity contribution is 0.252. The highest BCUT2D eigenvalue weighted by Crippen LogP contribution is 2.26. The molecule has 2 heterocycles. The number of anilines is 1. The Morgan fingerprint density at radius 1 is 1.19 bits per heavy atom. The highest BCUT2D eigenvalue weighted by Gasteiger charge is 2.22. The van der Waals surface area contributed by atoms with E-state index in [1.54, 1.807) is 12.1 Å². The summed E-state index contributed by atoms with van der Waals surface area (Å²) in [5.74, 6) is 0.561. The van der Waals surface area contributed by atoms with Gasteiger partial charge in [0.25, 0.3) is 0 Å². The van der Waals surface area contributed by atoms with Crippen LogP contribution in [0.5, 0.6) is 0 Å². The molecule has 0 aliphatic carbocycles. The Kier molecular flexibility index (Phi) is 6.63. The predicted molar refractivity (Wildman–Crippen MR) is 120 cm³/mol. The first kappa shape index (κ1) is 21.5. The van der Waals surface area contributed by atoms with E-state index in [2.05, 4.69) is 63.6 Å². The first-order chi connectivity index (χ1) is 15.0. The van der Waals surface area contributed by atoms with Crippen LogP contribution in [0.1, 0.15) is 37.3 Å². The van der Waals surface area contributed by atoms with Gasteiger partial charge in [-0.15, -0.1) is 0 Å². The van der Waals surface area contributed by atoms with Crippen LogP contribution >= 0.6 is 0 Å². The largest absolute Gasteiger partial charge is 0.371 e. The molecule has 1 N–H and O–H groups in total. The average molecular weight is 424 g/mol. The number of benzene rings is 2. The molecule has 1 atom stereocenters. The number of halogens is 1. The molecule has 1 fully saturated rings. The molecule has 0 amide bonds. The summed E-state index contributed by atoms with van der Waals surface area (Å²) < 4.78 is 18.9. The van der Waals surface area contributed by atoms with Crippen LogP contribution in [0.2, 0.25) is 0 Å². The van der Waals surface area contributed by atoms with Crippen LogP contribution in [0.4, 0.5) is 10.1 Å². The number of nitrogens with one attached hydrogen (secondary N) is 1. The van der Waals surface area contributed by atoms with Crippen molar-refractivity contribution in [3.63, 3.8) is 0 Å². The van der Waals surface area contributed by atoms with E-state index >= 15 is 0 Å². The third-order valence-electron chi connectivity index (χ3n) is 6.10. The zero-order valence-corrected chi connectivity index (χ0v) is 18.4. The van der Waals surface area contributed by atoms with Gasteiger partial charge in [0.05, 0.1) is 6.04 Å². The molecule has 0 bridgehead atoms. The number of para-hydroxylation sites is 1. The van der Waals surface area contributed by atoms with Crippen LogP contribution < -0.4 is 10.2 Å². The van der Waals surface area contributed by atoms with Crippen LogP contribution in [-0.2, 0) is 6.54 Å². The fourth-order valence-corrected chi connectivity index (χ4v) is 4.09. The van der Waals surface area contributed by atoms with E-state index in [0.717, 1.165) is 13.1 Å². The van der Waals surface area contributed by atoms with E-state index in [1.807, 2.05) is 6.92 Å². The molecule has 31 heavy (non-hydrogen) atoms. The minimum absolute atomic E-state index is 0.128. The number of hydrogen-bond acceptors (Lipinski definition) is 6. The molecule has 0 spiro atoms. The molecule has 6 nitrogen and oxygen atoms in total. The number of hydrogen-bond donors (Lipinski definition) is 1. The number of rotatable bonds is 7. The first-order valence-electron chi connectivity index (χ1n) is 10.8. The van der Waals surface area contributed by atoms with E-state index in [-0.39, 0.29) is 11.9 Å². The number of aromatic nitrogens is 2. The molecule has 0 unspecified atom stereocenters. The van der Waals surface area contributed by atoms with Gasteiger partial charge in [-0.2, -0.15) is 4.98 Å². The Balaban J connectivity index is 1.42. The maximum Gasteiger partial charge on any atom is 0.243 e. The summed E-state index contributed by atoms with van der Waals surface area (Å²) in [5, 5.41) is 7.50. The first-order valence-corrected chi connectivity index (χ1v) is 10.8. The predicted octanol–water partition coefficient (Wildman–Crippen LogP) is 4.26. The minimum Gasteiger partial charge on any atom is -0.371 e. The lowest BCUT2D eigenvalue weighted by atomic mass is 10.0. The van der Waals surface area contributed by atoms with Crippen molar-refractivity contribution >= 4 is 5.69 Å². The van der Waals surface area contributed by atoms with Crippen molar-refractivity contribution in [2.45, 2.75) is 38.4 Å². The van der Waals surface area contributed by atoms with Crippen LogP contribution in [0, 0.1) is 5.82 Å². The van der Waals surface area contributed by atoms with Gasteiger partial charge >= 0.3 is 0 Å². The van der Waals surface area contributed by atoms with Crippen LogP contribution in [-0.4, -0.2) is 48.3 Å². The normalized spacial score (nSPS) is 16.4. The quantitative estimate of drug-likeness (QED) is 0.613. The van der Waals surface area contributed by atoms with E-state index in [1.165, 1.54) is 36.2 Å². The lowest BCUT2D eigenvalue weighted by Gasteiger charge is -2.37. The van der Waals surface area contributed by atoms with Gasteiger partial charge in [-0.05, 0) is 63.7 Å². The second-order valence-electron chi connectivity index (χ2n) is 8.34. The van der Waals surface area contributed by atoms with Crippen LogP contribution in [0.3, 0.4) is 0 Å². The number of nitrogens with zero attached hydrogens (tertiary/aromatic N) is 4. The van der Waals surface area contributed by atoms with Crippen molar-refractivity contribution in [3.05, 3.63) is 65.8 Å². The minimum atomic E-state index is -0.319. The second kappa shape index (κ2) is 9.58. The molecule has 2 aromatic carbocycles. The van der Waals surface area contributed by atoms with Crippen molar-refractivity contribution in [2.24, 2.45) is 0 Å². The van der Waals surface area contributed by atoms with Crippen LogP contribution in [0.25, 0.3) is 11.4 Å². The van der Waals surface area contributed by atoms with Gasteiger partial charge in [0.1, 0.15) is 5.82 Å². The fraction of sp³-hybridized carbons (Fsp3) is 0.417. The van der Waals surface area contributed by atoms with E-state index in [9.17, 15) is 4.39 Å². The Bertz CT molecular complexity index is 999. The van der Waals surface area contributed by atoms with E-state index in [4.69, 9.17) is 4.52 Å². The monoisotopic (exact) mass is 423 g/mol. The van der Waals surface area contributed by atoms with Gasteiger partial charge in [0.2, 0.25) is 11.7 Å². The number of piperidine rings is 1. The zero-order valence-electron chi connectivity index (χ0n) is 18.4. The van der Waals surface area contributed by atoms with Gasteiger partial charge in [0, 0.05) is 30.9 Å². The molecule has 1 aliphatic heterocycles. The molecule has 7 heteroatoms. The molecule has 4 rings (SSSR count). The maximum absolute atomic E-state index is 13.5. The van der Waals surface area contributed by atoms with Gasteiger partial charge in [0.15, 0.2) is 0 Å². The summed E-state index contributed by atoms with van der Waals surface area (Å²) in [6.07, 6.45) is 2.35. The van der Waals surface area contributed by atoms with Gasteiger partial charge < -0.3 is 19.6 Å². The maximum atomic E-state index is 13.5. The standard InChI is InChI=1S/C24H30FN5O/c1-17(24-27-23(28-31-24)18-8-6-9-20(25)15-18)26-16-19-7-4-5-10-22(19)30(3)21-11-13-29(2)14-12-21/h4-10,15,17,21,26H,11-14,16H2,1-3H3/t17-/m1/s1. The van der Waals surface area contributed by atoms with Crippen molar-refractivity contribution in [1.29, 1.82) is 0 Å². The summed E-state index contributed by atoms with van der Waals surface area (Å²) in [4.78, 5) is 9.26. The molecule has 3 aromatic rings. The molecule has 1 saturated heterocycles. The molecule has 0 radical (unpaired) electrons. The number of likely N-dealkylation sites (tertiary alicyclic amines) is 1. The molecule has 0 saturated carbocycles. The average Bonchev–Trinajstić information content (AvgIpc) is 3.28. The molecule has 164 valence electrons. The van der Waals surface area contributed by atoms with E-state index in [0.29, 0.717) is 29.9 Å². The van der Waals surface area contributed by atoms with Gasteiger partial charge in [-0.3, -0.25) is 0 Å². The Labute approximate surface area is 183 Å². The topological polar surface area (TPSA) is 57.4 Å². The van der Waals surface area contributed by atoms with Crippen LogP contribution in [0.15, 0.2) is 53.1 Å². The Morgan fingerprint density at radius 3 is 2.74 bits per heavy atom. The fourth-order valence-electron chi connectivity index (χ4n) is 4.09. The summed E-state index contributed by atoms with van der Waals surface area (Å²) in [6, 6.07) is 15.2. The second-order valence-corrected chi connectivity index (χ2v) is 8.34. The zero-order chi connectivity index (χ0) is 21.8. The van der Waals surface area contributed by atoms with Gasteiger partial charge in [-0.25, -0.2) is 4.39 Å². The summed E-state index contributed by atoms with van der Waals surface area (Å²) in [7, 11) is 4.38. The Hall–Kier alpha value is -2.77. The van der Waals surface area contributed by atoms with Crippen molar-refractivity contribution < 1.29 is 8.91 Å². The SMILES string of the molecule is C[C@@H](NCc1ccccc1N(C)C1CCN(C)CC1)c1nc(-c2cccc(F)c2)no1. The van der Waals surface area contributed by atoms with Gasteiger partial charge in [-0.1, -0.05) is 35.5 Å². The third-order valence-corrected chi connectivity index (χ3v) is 6.10. The molecular formula is C24H30FN5O. The summed E-state index contributed by atoms with van der Waals surface area (Å²) >= 11 is 0. The summed E-state index contributed by atoms with van der Waals surface area (Å²) in [6.45, 7) is 4.95. The van der Waals surface area contributed by atoms with E-state index < -0.39 is 0 Å². The van der Waals surface area contributed by atoms with Crippen molar-refractivity contribution in [2.75, 3.05) is 32.1 Å². The highest BCUT2D eigenvalue weighted by atomic mass is 19.1. The summed E-state index contributed by atoms with van der Waals surface area (Å²) in [5.41, 5.74) is 3.09. The molecular weight excluding hydrogens is 393 g/mol. The molecule has 1 aromatic heterocycles. The van der Waals surface area contributed by atoms with Crippen molar-refractivity contribution in [1.82, 2.24) is 20.4 Å². The highest BCUT2D eigenvalue weighted by molar-refractivity contribution is 5.55. The third kappa shape index (κ3) is 5.11. The lowest BCUT2D eigenvalue weighted by Crippen LogP contribution is -2.42.